The van der Waals surface area contributed by atoms with Gasteiger partial charge in [-0.15, -0.1) is 0 Å². The van der Waals surface area contributed by atoms with Gasteiger partial charge in [0.05, 0.1) is 0 Å². The van der Waals surface area contributed by atoms with E-state index >= 15 is 0 Å². The van der Waals surface area contributed by atoms with Crippen LogP contribution in [-0.4, -0.2) is 16.1 Å². The topological polar surface area (TPSA) is 29.9 Å². The Hall–Kier alpha value is -1.29. The van der Waals surface area contributed by atoms with Gasteiger partial charge in [0.15, 0.2) is 0 Å². The minimum atomic E-state index is 0.691. The predicted molar refractivity (Wildman–Crippen MR) is 87.0 cm³/mol. The Labute approximate surface area is 128 Å². The predicted octanol–water partition coefficient (Wildman–Crippen LogP) is 4.33. The van der Waals surface area contributed by atoms with E-state index in [0.29, 0.717) is 5.92 Å². The Morgan fingerprint density at radius 1 is 1.30 bits per heavy atom. The number of benzene rings is 1. The lowest BCUT2D eigenvalue weighted by molar-refractivity contribution is 0.618. The van der Waals surface area contributed by atoms with E-state index in [9.17, 15) is 0 Å². The van der Waals surface area contributed by atoms with E-state index in [1.165, 1.54) is 11.1 Å². The summed E-state index contributed by atoms with van der Waals surface area (Å²) >= 11 is 3.69. The molecule has 3 nitrogen and oxygen atoms in total. The molecule has 0 aliphatic carbocycles. The molecule has 2 aromatic rings. The zero-order valence-corrected chi connectivity index (χ0v) is 13.6. The fraction of sp³-hybridized carbons (Fsp3) is 0.438. The third kappa shape index (κ3) is 2.62. The molecule has 0 unspecified atom stereocenters. The molecule has 1 aliphatic heterocycles. The third-order valence-electron chi connectivity index (χ3n) is 3.62. The van der Waals surface area contributed by atoms with E-state index in [4.69, 9.17) is 4.98 Å². The fourth-order valence-electron chi connectivity index (χ4n) is 2.66. The van der Waals surface area contributed by atoms with Crippen molar-refractivity contribution in [3.63, 3.8) is 0 Å². The van der Waals surface area contributed by atoms with Gasteiger partial charge in [0.2, 0.25) is 5.95 Å². The quantitative estimate of drug-likeness (QED) is 0.906. The Balaban J connectivity index is 1.91. The van der Waals surface area contributed by atoms with E-state index in [2.05, 4.69) is 63.9 Å². The summed E-state index contributed by atoms with van der Waals surface area (Å²) in [5, 5.41) is 3.35. The number of nitrogens with zero attached hydrogens (tertiary/aromatic N) is 2. The average molecular weight is 334 g/mol. The highest BCUT2D eigenvalue weighted by Gasteiger charge is 2.18. The molecule has 0 atom stereocenters. The molecule has 106 valence electrons. The van der Waals surface area contributed by atoms with Crippen LogP contribution in [0.1, 0.15) is 25.8 Å². The van der Waals surface area contributed by atoms with Crippen LogP contribution in [0.5, 0.6) is 0 Å². The van der Waals surface area contributed by atoms with Crippen molar-refractivity contribution in [1.82, 2.24) is 9.55 Å². The normalized spacial score (nSPS) is 14.2. The first-order chi connectivity index (χ1) is 9.65. The number of anilines is 1. The lowest BCUT2D eigenvalue weighted by Gasteiger charge is -2.15. The molecule has 0 radical (unpaired) electrons. The maximum Gasteiger partial charge on any atom is 0.204 e. The van der Waals surface area contributed by atoms with Gasteiger partial charge in [-0.1, -0.05) is 38.1 Å². The monoisotopic (exact) mass is 333 g/mol. The largest absolute Gasteiger partial charge is 0.356 e. The molecule has 2 heterocycles. The first-order valence-electron chi connectivity index (χ1n) is 7.24. The summed E-state index contributed by atoms with van der Waals surface area (Å²) in [6.45, 7) is 6.54. The van der Waals surface area contributed by atoms with Gasteiger partial charge in [0, 0.05) is 18.7 Å². The van der Waals surface area contributed by atoms with Crippen LogP contribution >= 0.6 is 15.9 Å². The summed E-state index contributed by atoms with van der Waals surface area (Å²) in [4.78, 5) is 4.72. The lowest BCUT2D eigenvalue weighted by atomic mass is 10.0. The van der Waals surface area contributed by atoms with Crippen molar-refractivity contribution in [2.75, 3.05) is 11.9 Å². The zero-order chi connectivity index (χ0) is 14.1. The second-order valence-electron chi connectivity index (χ2n) is 5.80. The minimum absolute atomic E-state index is 0.691. The highest BCUT2D eigenvalue weighted by Crippen LogP contribution is 2.32. The number of imidazole rings is 1. The van der Waals surface area contributed by atoms with E-state index in [1.54, 1.807) is 0 Å². The molecule has 20 heavy (non-hydrogen) atoms. The lowest BCUT2D eigenvalue weighted by Crippen LogP contribution is -2.17. The van der Waals surface area contributed by atoms with Crippen LogP contribution in [0.2, 0.25) is 0 Å². The van der Waals surface area contributed by atoms with Crippen LogP contribution < -0.4 is 5.32 Å². The maximum atomic E-state index is 4.72. The average Bonchev–Trinajstić information content (AvgIpc) is 2.77. The second kappa shape index (κ2) is 5.60. The molecule has 0 saturated carbocycles. The van der Waals surface area contributed by atoms with Crippen LogP contribution in [0.3, 0.4) is 0 Å². The van der Waals surface area contributed by atoms with E-state index < -0.39 is 0 Å². The van der Waals surface area contributed by atoms with E-state index in [-0.39, 0.29) is 0 Å². The molecule has 0 bridgehead atoms. The van der Waals surface area contributed by atoms with Gasteiger partial charge >= 0.3 is 0 Å². The first-order valence-corrected chi connectivity index (χ1v) is 8.03. The van der Waals surface area contributed by atoms with Crippen molar-refractivity contribution in [2.45, 2.75) is 33.2 Å². The smallest absolute Gasteiger partial charge is 0.204 e. The standard InChI is InChI=1S/C16H20BrN3/c1-11(2)10-12-4-6-13(7-5-12)14-15(17)20-9-3-8-18-16(20)19-14/h4-7,11H,3,8-10H2,1-2H3,(H,18,19). The Kier molecular flexibility index (Phi) is 3.83. The number of halogens is 1. The fourth-order valence-corrected chi connectivity index (χ4v) is 3.33. The summed E-state index contributed by atoms with van der Waals surface area (Å²) < 4.78 is 3.29. The number of hydrogen-bond acceptors (Lipinski definition) is 2. The Morgan fingerprint density at radius 2 is 2.05 bits per heavy atom. The zero-order valence-electron chi connectivity index (χ0n) is 12.0. The number of nitrogens with one attached hydrogen (secondary N) is 1. The van der Waals surface area contributed by atoms with Gasteiger partial charge < -0.3 is 9.88 Å². The van der Waals surface area contributed by atoms with Crippen molar-refractivity contribution in [2.24, 2.45) is 5.92 Å². The van der Waals surface area contributed by atoms with Crippen LogP contribution in [0.25, 0.3) is 11.3 Å². The summed E-state index contributed by atoms with van der Waals surface area (Å²) in [7, 11) is 0. The number of hydrogen-bond donors (Lipinski definition) is 1. The Bertz CT molecular complexity index is 599. The molecule has 3 rings (SSSR count). The van der Waals surface area contributed by atoms with Gasteiger partial charge in [0.1, 0.15) is 10.3 Å². The molecule has 0 spiro atoms. The molecule has 1 aromatic carbocycles. The summed E-state index contributed by atoms with van der Waals surface area (Å²) in [6, 6.07) is 8.79. The van der Waals surface area contributed by atoms with Gasteiger partial charge in [-0.05, 0) is 40.3 Å². The summed E-state index contributed by atoms with van der Waals surface area (Å²) in [6.07, 6.45) is 2.28. The summed E-state index contributed by atoms with van der Waals surface area (Å²) in [5.74, 6) is 1.67. The van der Waals surface area contributed by atoms with Crippen molar-refractivity contribution in [3.05, 3.63) is 34.4 Å². The maximum absolute atomic E-state index is 4.72. The molecule has 1 aromatic heterocycles. The number of rotatable bonds is 3. The van der Waals surface area contributed by atoms with Crippen molar-refractivity contribution < 1.29 is 0 Å². The van der Waals surface area contributed by atoms with Gasteiger partial charge in [-0.25, -0.2) is 4.98 Å². The first kappa shape index (κ1) is 13.7. The van der Waals surface area contributed by atoms with Crippen LogP contribution in [0.15, 0.2) is 28.9 Å². The van der Waals surface area contributed by atoms with Gasteiger partial charge in [0.25, 0.3) is 0 Å². The van der Waals surface area contributed by atoms with Crippen LogP contribution in [0, 0.1) is 5.92 Å². The molecule has 0 amide bonds. The molecule has 0 fully saturated rings. The van der Waals surface area contributed by atoms with Gasteiger partial charge in [-0.2, -0.15) is 0 Å². The van der Waals surface area contributed by atoms with Crippen molar-refractivity contribution >= 4 is 21.9 Å². The molecular weight excluding hydrogens is 314 g/mol. The van der Waals surface area contributed by atoms with Crippen LogP contribution in [-0.2, 0) is 13.0 Å². The molecule has 4 heteroatoms. The van der Waals surface area contributed by atoms with Crippen molar-refractivity contribution in [3.8, 4) is 11.3 Å². The summed E-state index contributed by atoms with van der Waals surface area (Å²) in [5.41, 5.74) is 3.60. The van der Waals surface area contributed by atoms with Crippen LogP contribution in [0.4, 0.5) is 5.95 Å². The highest BCUT2D eigenvalue weighted by atomic mass is 79.9. The molecule has 1 N–H and O–H groups in total. The second-order valence-corrected chi connectivity index (χ2v) is 6.55. The number of fused-ring (bicyclic) bond motifs is 1. The highest BCUT2D eigenvalue weighted by molar-refractivity contribution is 9.10. The Morgan fingerprint density at radius 3 is 2.70 bits per heavy atom. The SMILES string of the molecule is CC(C)Cc1ccc(-c2nc3n(c2Br)CCCN3)cc1. The van der Waals surface area contributed by atoms with E-state index in [0.717, 1.165) is 42.2 Å². The molecule has 1 aliphatic rings. The number of aromatic nitrogens is 2. The van der Waals surface area contributed by atoms with Gasteiger partial charge in [-0.3, -0.25) is 0 Å². The molecular formula is C16H20BrN3. The third-order valence-corrected chi connectivity index (χ3v) is 4.42. The van der Waals surface area contributed by atoms with Crippen molar-refractivity contribution in [1.29, 1.82) is 0 Å². The minimum Gasteiger partial charge on any atom is -0.356 e. The molecule has 0 saturated heterocycles. The van der Waals surface area contributed by atoms with E-state index in [1.807, 2.05) is 0 Å².